The van der Waals surface area contributed by atoms with Gasteiger partial charge < -0.3 is 15.2 Å². The quantitative estimate of drug-likeness (QED) is 0.628. The van der Waals surface area contributed by atoms with Gasteiger partial charge in [-0.3, -0.25) is 9.59 Å². The third-order valence-electron chi connectivity index (χ3n) is 2.31. The van der Waals surface area contributed by atoms with Gasteiger partial charge in [0, 0.05) is 37.7 Å². The summed E-state index contributed by atoms with van der Waals surface area (Å²) in [6.45, 7) is 3.89. The highest BCUT2D eigenvalue weighted by Gasteiger charge is 2.19. The van der Waals surface area contributed by atoms with Crippen molar-refractivity contribution in [2.75, 3.05) is 5.75 Å². The number of nitrogens with zero attached hydrogens (tertiary/aromatic N) is 2. The van der Waals surface area contributed by atoms with Gasteiger partial charge in [-0.2, -0.15) is 12.6 Å². The summed E-state index contributed by atoms with van der Waals surface area (Å²) in [7, 11) is 0. The van der Waals surface area contributed by atoms with E-state index in [2.05, 4.69) is 28.2 Å². The van der Waals surface area contributed by atoms with Crippen molar-refractivity contribution in [2.24, 2.45) is 0 Å². The summed E-state index contributed by atoms with van der Waals surface area (Å²) in [5.74, 6) is -0.206. The van der Waals surface area contributed by atoms with Crippen molar-refractivity contribution in [3.05, 3.63) is 18.7 Å². The van der Waals surface area contributed by atoms with Crippen LogP contribution < -0.4 is 10.6 Å². The molecule has 0 aliphatic heterocycles. The molecule has 2 amide bonds. The molecule has 1 rings (SSSR count). The molecule has 0 spiro atoms. The molecule has 0 radical (unpaired) electrons. The van der Waals surface area contributed by atoms with Gasteiger partial charge in [0.05, 0.1) is 6.33 Å². The molecule has 2 atom stereocenters. The lowest BCUT2D eigenvalue weighted by Crippen LogP contribution is -2.50. The fourth-order valence-electron chi connectivity index (χ4n) is 1.54. The van der Waals surface area contributed by atoms with Crippen molar-refractivity contribution in [3.8, 4) is 0 Å². The van der Waals surface area contributed by atoms with Crippen LogP contribution in [0.4, 0.5) is 0 Å². The predicted octanol–water partition coefficient (Wildman–Crippen LogP) is -0.178. The van der Waals surface area contributed by atoms with Crippen LogP contribution in [0.5, 0.6) is 0 Å². The number of hydrogen-bond donors (Lipinski definition) is 3. The van der Waals surface area contributed by atoms with Gasteiger partial charge in [0.1, 0.15) is 6.04 Å². The SMILES string of the molecule is CC(=O)NC(CS)C(=O)NC(C)Cn1ccnc1. The number of aromatic nitrogens is 2. The Balaban J connectivity index is 2.44. The topological polar surface area (TPSA) is 76.0 Å². The molecule has 0 aromatic carbocycles. The zero-order chi connectivity index (χ0) is 13.5. The maximum Gasteiger partial charge on any atom is 0.243 e. The molecule has 0 bridgehead atoms. The van der Waals surface area contributed by atoms with Crippen LogP contribution in [0.15, 0.2) is 18.7 Å². The van der Waals surface area contributed by atoms with Crippen molar-refractivity contribution in [3.63, 3.8) is 0 Å². The maximum atomic E-state index is 11.8. The second-order valence-electron chi connectivity index (χ2n) is 4.10. The Hall–Kier alpha value is -1.50. The van der Waals surface area contributed by atoms with Gasteiger partial charge in [-0.1, -0.05) is 0 Å². The molecular weight excluding hydrogens is 252 g/mol. The number of hydrogen-bond acceptors (Lipinski definition) is 4. The van der Waals surface area contributed by atoms with E-state index >= 15 is 0 Å². The molecular formula is C11H18N4O2S. The average molecular weight is 270 g/mol. The maximum absolute atomic E-state index is 11.8. The van der Waals surface area contributed by atoms with E-state index in [0.717, 1.165) is 0 Å². The Morgan fingerprint density at radius 2 is 2.17 bits per heavy atom. The van der Waals surface area contributed by atoms with Crippen molar-refractivity contribution in [1.29, 1.82) is 0 Å². The van der Waals surface area contributed by atoms with Crippen molar-refractivity contribution >= 4 is 24.4 Å². The molecule has 100 valence electrons. The molecule has 1 heterocycles. The van der Waals surface area contributed by atoms with E-state index in [-0.39, 0.29) is 23.6 Å². The van der Waals surface area contributed by atoms with Crippen LogP contribution in [-0.2, 0) is 16.1 Å². The first kappa shape index (κ1) is 14.6. The van der Waals surface area contributed by atoms with Gasteiger partial charge in [0.15, 0.2) is 0 Å². The highest BCUT2D eigenvalue weighted by atomic mass is 32.1. The minimum atomic E-state index is -0.601. The van der Waals surface area contributed by atoms with Crippen molar-refractivity contribution in [2.45, 2.75) is 32.5 Å². The molecule has 0 aliphatic rings. The summed E-state index contributed by atoms with van der Waals surface area (Å²) < 4.78 is 1.87. The molecule has 1 aromatic heterocycles. The minimum absolute atomic E-state index is 0.0529. The van der Waals surface area contributed by atoms with Crippen LogP contribution in [0.3, 0.4) is 0 Å². The fourth-order valence-corrected chi connectivity index (χ4v) is 1.80. The van der Waals surface area contributed by atoms with Crippen LogP contribution in [0.25, 0.3) is 0 Å². The van der Waals surface area contributed by atoms with Gasteiger partial charge in [-0.25, -0.2) is 4.98 Å². The van der Waals surface area contributed by atoms with Crippen LogP contribution in [0.1, 0.15) is 13.8 Å². The van der Waals surface area contributed by atoms with E-state index in [4.69, 9.17) is 0 Å². The molecule has 6 nitrogen and oxygen atoms in total. The molecule has 2 unspecified atom stereocenters. The Morgan fingerprint density at radius 3 is 2.67 bits per heavy atom. The minimum Gasteiger partial charge on any atom is -0.350 e. The highest BCUT2D eigenvalue weighted by Crippen LogP contribution is 1.95. The van der Waals surface area contributed by atoms with Crippen LogP contribution in [0, 0.1) is 0 Å². The van der Waals surface area contributed by atoms with Gasteiger partial charge >= 0.3 is 0 Å². The Morgan fingerprint density at radius 1 is 1.44 bits per heavy atom. The standard InChI is InChI=1S/C11H18N4O2S/c1-8(5-15-4-3-12-7-15)13-11(17)10(6-18)14-9(2)16/h3-4,7-8,10,18H,5-6H2,1-2H3,(H,13,17)(H,14,16). The van der Waals surface area contributed by atoms with Gasteiger partial charge in [-0.15, -0.1) is 0 Å². The fraction of sp³-hybridized carbons (Fsp3) is 0.545. The normalized spacial score (nSPS) is 13.7. The van der Waals surface area contributed by atoms with E-state index in [0.29, 0.717) is 6.54 Å². The summed E-state index contributed by atoms with van der Waals surface area (Å²) in [6, 6.07) is -0.654. The lowest BCUT2D eigenvalue weighted by atomic mass is 10.2. The first-order valence-corrected chi connectivity index (χ1v) is 6.30. The number of carbonyl (C=O) groups is 2. The monoisotopic (exact) mass is 270 g/mol. The van der Waals surface area contributed by atoms with Crippen LogP contribution in [-0.4, -0.2) is 39.2 Å². The highest BCUT2D eigenvalue weighted by molar-refractivity contribution is 7.80. The molecule has 0 fully saturated rings. The number of carbonyl (C=O) groups excluding carboxylic acids is 2. The molecule has 0 aliphatic carbocycles. The van der Waals surface area contributed by atoms with E-state index in [9.17, 15) is 9.59 Å². The second kappa shape index (κ2) is 7.05. The largest absolute Gasteiger partial charge is 0.350 e. The van der Waals surface area contributed by atoms with E-state index in [1.165, 1.54) is 6.92 Å². The number of nitrogens with one attached hydrogen (secondary N) is 2. The summed E-state index contributed by atoms with van der Waals surface area (Å²) in [5.41, 5.74) is 0. The molecule has 18 heavy (non-hydrogen) atoms. The zero-order valence-electron chi connectivity index (χ0n) is 10.5. The molecule has 2 N–H and O–H groups in total. The third-order valence-corrected chi connectivity index (χ3v) is 2.67. The first-order chi connectivity index (χ1) is 8.52. The molecule has 7 heteroatoms. The Kier molecular flexibility index (Phi) is 5.70. The summed E-state index contributed by atoms with van der Waals surface area (Å²) >= 11 is 4.05. The summed E-state index contributed by atoms with van der Waals surface area (Å²) in [6.07, 6.45) is 5.20. The van der Waals surface area contributed by atoms with E-state index in [1.54, 1.807) is 12.5 Å². The van der Waals surface area contributed by atoms with E-state index < -0.39 is 6.04 Å². The number of imidazole rings is 1. The summed E-state index contributed by atoms with van der Waals surface area (Å²) in [5, 5.41) is 5.37. The van der Waals surface area contributed by atoms with Crippen LogP contribution >= 0.6 is 12.6 Å². The smallest absolute Gasteiger partial charge is 0.243 e. The van der Waals surface area contributed by atoms with Gasteiger partial charge in [0.2, 0.25) is 11.8 Å². The lowest BCUT2D eigenvalue weighted by molar-refractivity contribution is -0.127. The second-order valence-corrected chi connectivity index (χ2v) is 4.47. The molecule has 0 saturated carbocycles. The first-order valence-electron chi connectivity index (χ1n) is 5.67. The zero-order valence-corrected chi connectivity index (χ0v) is 11.4. The van der Waals surface area contributed by atoms with Crippen molar-refractivity contribution < 1.29 is 9.59 Å². The third kappa shape index (κ3) is 4.79. The number of thiol groups is 1. The summed E-state index contributed by atoms with van der Waals surface area (Å²) in [4.78, 5) is 26.7. The lowest BCUT2D eigenvalue weighted by Gasteiger charge is -2.19. The molecule has 0 saturated heterocycles. The van der Waals surface area contributed by atoms with Crippen LogP contribution in [0.2, 0.25) is 0 Å². The van der Waals surface area contributed by atoms with E-state index in [1.807, 2.05) is 17.7 Å². The average Bonchev–Trinajstić information content (AvgIpc) is 2.77. The predicted molar refractivity (Wildman–Crippen MR) is 71.3 cm³/mol. The Bertz CT molecular complexity index is 394. The van der Waals surface area contributed by atoms with Crippen molar-refractivity contribution in [1.82, 2.24) is 20.2 Å². The number of amides is 2. The number of rotatable bonds is 6. The van der Waals surface area contributed by atoms with Gasteiger partial charge in [-0.05, 0) is 6.92 Å². The van der Waals surface area contributed by atoms with Gasteiger partial charge in [0.25, 0.3) is 0 Å². The molecule has 1 aromatic rings. The Labute approximate surface area is 112 Å².